The Hall–Kier alpha value is -2.69. The molecule has 0 spiro atoms. The second-order valence-corrected chi connectivity index (χ2v) is 5.83. The fourth-order valence-corrected chi connectivity index (χ4v) is 2.54. The van der Waals surface area contributed by atoms with Crippen molar-refractivity contribution in [2.45, 2.75) is 19.8 Å². The van der Waals surface area contributed by atoms with Crippen molar-refractivity contribution in [3.63, 3.8) is 0 Å². The minimum Gasteiger partial charge on any atom is -0.465 e. The molecule has 2 aromatic rings. The zero-order valence-electron chi connectivity index (χ0n) is 13.9. The summed E-state index contributed by atoms with van der Waals surface area (Å²) < 4.78 is 17.7. The number of esters is 1. The standard InChI is InChI=1S/C19H20FNO3/c1-12(2)17(13-4-8-15(20)9-5-13)18(22)21-16-10-6-14(7-11-16)19(23)24-3/h4-12,17H,1-3H3,(H,21,22). The summed E-state index contributed by atoms with van der Waals surface area (Å²) in [5, 5.41) is 2.84. The van der Waals surface area contributed by atoms with Gasteiger partial charge < -0.3 is 10.1 Å². The van der Waals surface area contributed by atoms with Crippen LogP contribution in [-0.4, -0.2) is 19.0 Å². The van der Waals surface area contributed by atoms with Gasteiger partial charge in [0.05, 0.1) is 18.6 Å². The molecule has 0 saturated carbocycles. The van der Waals surface area contributed by atoms with E-state index in [0.717, 1.165) is 5.56 Å². The topological polar surface area (TPSA) is 55.4 Å². The molecule has 0 aliphatic heterocycles. The molecule has 2 rings (SSSR count). The molecule has 4 nitrogen and oxygen atoms in total. The van der Waals surface area contributed by atoms with Crippen molar-refractivity contribution < 1.29 is 18.7 Å². The number of hydrogen-bond acceptors (Lipinski definition) is 3. The molecule has 1 unspecified atom stereocenters. The Kier molecular flexibility index (Phi) is 5.68. The third-order valence-corrected chi connectivity index (χ3v) is 3.75. The van der Waals surface area contributed by atoms with Crippen molar-refractivity contribution in [3.05, 3.63) is 65.5 Å². The van der Waals surface area contributed by atoms with E-state index in [1.54, 1.807) is 36.4 Å². The molecule has 1 atom stereocenters. The van der Waals surface area contributed by atoms with Crippen LogP contribution in [0, 0.1) is 11.7 Å². The number of carbonyl (C=O) groups is 2. The number of nitrogens with one attached hydrogen (secondary N) is 1. The van der Waals surface area contributed by atoms with Gasteiger partial charge in [-0.2, -0.15) is 0 Å². The molecule has 0 aliphatic carbocycles. The first kappa shape index (κ1) is 17.7. The molecule has 0 saturated heterocycles. The van der Waals surface area contributed by atoms with Crippen molar-refractivity contribution in [1.82, 2.24) is 0 Å². The third kappa shape index (κ3) is 4.19. The Bertz CT molecular complexity index is 708. The second kappa shape index (κ2) is 7.73. The Morgan fingerprint density at radius 3 is 2.08 bits per heavy atom. The summed E-state index contributed by atoms with van der Waals surface area (Å²) in [5.74, 6) is -1.29. The Labute approximate surface area is 140 Å². The highest BCUT2D eigenvalue weighted by Gasteiger charge is 2.24. The molecule has 0 radical (unpaired) electrons. The van der Waals surface area contributed by atoms with Crippen LogP contribution in [0.25, 0.3) is 0 Å². The van der Waals surface area contributed by atoms with Crippen LogP contribution in [0.2, 0.25) is 0 Å². The molecule has 2 aromatic carbocycles. The minimum atomic E-state index is -0.431. The monoisotopic (exact) mass is 329 g/mol. The molecular weight excluding hydrogens is 309 g/mol. The van der Waals surface area contributed by atoms with Gasteiger partial charge in [-0.25, -0.2) is 9.18 Å². The SMILES string of the molecule is COC(=O)c1ccc(NC(=O)C(c2ccc(F)cc2)C(C)C)cc1. The Balaban J connectivity index is 2.16. The van der Waals surface area contributed by atoms with Gasteiger partial charge in [0.25, 0.3) is 0 Å². The maximum Gasteiger partial charge on any atom is 0.337 e. The fraction of sp³-hybridized carbons (Fsp3) is 0.263. The molecule has 0 fully saturated rings. The average molecular weight is 329 g/mol. The van der Waals surface area contributed by atoms with E-state index in [-0.39, 0.29) is 17.6 Å². The third-order valence-electron chi connectivity index (χ3n) is 3.75. The number of benzene rings is 2. The number of hydrogen-bond donors (Lipinski definition) is 1. The average Bonchev–Trinajstić information content (AvgIpc) is 2.56. The van der Waals surface area contributed by atoms with E-state index in [2.05, 4.69) is 10.1 Å². The molecular formula is C19H20FNO3. The maximum absolute atomic E-state index is 13.1. The highest BCUT2D eigenvalue weighted by molar-refractivity contribution is 5.96. The van der Waals surface area contributed by atoms with Crippen LogP contribution in [0.5, 0.6) is 0 Å². The van der Waals surface area contributed by atoms with Crippen molar-refractivity contribution in [3.8, 4) is 0 Å². The first-order valence-corrected chi connectivity index (χ1v) is 7.67. The van der Waals surface area contributed by atoms with E-state index in [1.807, 2.05) is 13.8 Å². The van der Waals surface area contributed by atoms with Gasteiger partial charge in [-0.3, -0.25) is 4.79 Å². The zero-order chi connectivity index (χ0) is 17.7. The molecule has 5 heteroatoms. The first-order chi connectivity index (χ1) is 11.4. The maximum atomic E-state index is 13.1. The van der Waals surface area contributed by atoms with Gasteiger partial charge in [0.2, 0.25) is 5.91 Å². The first-order valence-electron chi connectivity index (χ1n) is 7.67. The summed E-state index contributed by atoms with van der Waals surface area (Å²) in [6, 6.07) is 12.4. The predicted molar refractivity (Wildman–Crippen MR) is 90.4 cm³/mol. The lowest BCUT2D eigenvalue weighted by Crippen LogP contribution is -2.25. The van der Waals surface area contributed by atoms with Gasteiger partial charge in [-0.05, 0) is 47.9 Å². The molecule has 126 valence electrons. The molecule has 0 heterocycles. The number of anilines is 1. The van der Waals surface area contributed by atoms with E-state index < -0.39 is 11.9 Å². The summed E-state index contributed by atoms with van der Waals surface area (Å²) in [4.78, 5) is 24.0. The lowest BCUT2D eigenvalue weighted by Gasteiger charge is -2.21. The largest absolute Gasteiger partial charge is 0.465 e. The number of methoxy groups -OCH3 is 1. The quantitative estimate of drug-likeness (QED) is 0.844. The van der Waals surface area contributed by atoms with Crippen LogP contribution >= 0.6 is 0 Å². The highest BCUT2D eigenvalue weighted by atomic mass is 19.1. The number of carbonyl (C=O) groups excluding carboxylic acids is 2. The Morgan fingerprint density at radius 1 is 1.00 bits per heavy atom. The highest BCUT2D eigenvalue weighted by Crippen LogP contribution is 2.26. The van der Waals surface area contributed by atoms with Crippen molar-refractivity contribution in [2.75, 3.05) is 12.4 Å². The van der Waals surface area contributed by atoms with Gasteiger partial charge in [0.1, 0.15) is 5.82 Å². The van der Waals surface area contributed by atoms with E-state index >= 15 is 0 Å². The summed E-state index contributed by atoms with van der Waals surface area (Å²) in [7, 11) is 1.31. The number of rotatable bonds is 5. The van der Waals surface area contributed by atoms with Crippen LogP contribution in [0.4, 0.5) is 10.1 Å². The normalized spacial score (nSPS) is 11.9. The molecule has 1 amide bonds. The van der Waals surface area contributed by atoms with Crippen molar-refractivity contribution in [2.24, 2.45) is 5.92 Å². The second-order valence-electron chi connectivity index (χ2n) is 5.83. The van der Waals surface area contributed by atoms with Crippen molar-refractivity contribution in [1.29, 1.82) is 0 Å². The summed E-state index contributed by atoms with van der Waals surface area (Å²) >= 11 is 0. The number of halogens is 1. The predicted octanol–water partition coefficient (Wildman–Crippen LogP) is 3.99. The Morgan fingerprint density at radius 2 is 1.58 bits per heavy atom. The van der Waals surface area contributed by atoms with Gasteiger partial charge in [-0.1, -0.05) is 26.0 Å². The van der Waals surface area contributed by atoms with E-state index in [4.69, 9.17) is 0 Å². The van der Waals surface area contributed by atoms with Crippen LogP contribution in [0.3, 0.4) is 0 Å². The van der Waals surface area contributed by atoms with E-state index in [1.165, 1.54) is 19.2 Å². The van der Waals surface area contributed by atoms with E-state index in [0.29, 0.717) is 11.3 Å². The number of ether oxygens (including phenoxy) is 1. The zero-order valence-corrected chi connectivity index (χ0v) is 13.9. The summed E-state index contributed by atoms with van der Waals surface area (Å²) in [6.45, 7) is 3.88. The van der Waals surface area contributed by atoms with Crippen LogP contribution in [-0.2, 0) is 9.53 Å². The molecule has 0 bridgehead atoms. The van der Waals surface area contributed by atoms with Gasteiger partial charge in [-0.15, -0.1) is 0 Å². The molecule has 1 N–H and O–H groups in total. The summed E-state index contributed by atoms with van der Waals surface area (Å²) in [6.07, 6.45) is 0. The van der Waals surface area contributed by atoms with Gasteiger partial charge in [0, 0.05) is 5.69 Å². The smallest absolute Gasteiger partial charge is 0.337 e. The van der Waals surface area contributed by atoms with Crippen LogP contribution < -0.4 is 5.32 Å². The molecule has 24 heavy (non-hydrogen) atoms. The minimum absolute atomic E-state index is 0.0461. The number of amides is 1. The van der Waals surface area contributed by atoms with E-state index in [9.17, 15) is 14.0 Å². The van der Waals surface area contributed by atoms with Crippen LogP contribution in [0.1, 0.15) is 35.7 Å². The fourth-order valence-electron chi connectivity index (χ4n) is 2.54. The van der Waals surface area contributed by atoms with Crippen LogP contribution in [0.15, 0.2) is 48.5 Å². The van der Waals surface area contributed by atoms with Crippen molar-refractivity contribution >= 4 is 17.6 Å². The summed E-state index contributed by atoms with van der Waals surface area (Å²) in [5.41, 5.74) is 1.75. The lowest BCUT2D eigenvalue weighted by atomic mass is 9.87. The molecule has 0 aromatic heterocycles. The lowest BCUT2D eigenvalue weighted by molar-refractivity contribution is -0.118. The molecule has 0 aliphatic rings. The van der Waals surface area contributed by atoms with Gasteiger partial charge >= 0.3 is 5.97 Å². The van der Waals surface area contributed by atoms with Gasteiger partial charge in [0.15, 0.2) is 0 Å².